The summed E-state index contributed by atoms with van der Waals surface area (Å²) in [6, 6.07) is 2.05. The van der Waals surface area contributed by atoms with Crippen molar-refractivity contribution in [2.45, 2.75) is 26.3 Å². The van der Waals surface area contributed by atoms with Crippen molar-refractivity contribution in [2.75, 3.05) is 5.32 Å². The number of aryl methyl sites for hydroxylation is 1. The van der Waals surface area contributed by atoms with Crippen LogP contribution in [-0.2, 0) is 11.3 Å². The number of carbonyl (C=O) groups excluding carboxylic acids is 1. The molecule has 6 heteroatoms. The summed E-state index contributed by atoms with van der Waals surface area (Å²) in [4.78, 5) is 10.7. The first-order valence-corrected chi connectivity index (χ1v) is 4.27. The Kier molecular flexibility index (Phi) is 3.61. The van der Waals surface area contributed by atoms with E-state index < -0.39 is 0 Å². The third kappa shape index (κ3) is 3.23. The fourth-order valence-corrected chi connectivity index (χ4v) is 0.965. The zero-order chi connectivity index (χ0) is 10.4. The number of aromatic nitrogens is 3. The van der Waals surface area contributed by atoms with Crippen LogP contribution in [0.25, 0.3) is 0 Å². The van der Waals surface area contributed by atoms with E-state index in [2.05, 4.69) is 15.6 Å². The minimum Gasteiger partial charge on any atom is -0.308 e. The molecule has 1 heterocycles. The molecule has 0 aromatic carbocycles. The Balaban J connectivity index is 2.43. The molecule has 74 valence electrons. The van der Waals surface area contributed by atoms with Crippen LogP contribution in [-0.4, -0.2) is 20.9 Å². The molecule has 6 nitrogen and oxygen atoms in total. The van der Waals surface area contributed by atoms with E-state index in [1.54, 1.807) is 10.9 Å². The number of carbonyl (C=O) groups is 1. The molecule has 1 aromatic rings. The van der Waals surface area contributed by atoms with Crippen molar-refractivity contribution < 1.29 is 4.79 Å². The molecule has 14 heavy (non-hydrogen) atoms. The second kappa shape index (κ2) is 4.97. The average Bonchev–Trinajstić information content (AvgIpc) is 2.52. The molecule has 0 saturated heterocycles. The lowest BCUT2D eigenvalue weighted by molar-refractivity contribution is -0.114. The first kappa shape index (κ1) is 10.2. The number of unbranched alkanes of at least 4 members (excludes halogenated alkanes) is 1. The van der Waals surface area contributed by atoms with E-state index in [-0.39, 0.29) is 5.91 Å². The standard InChI is InChI=1S/C8H11N5O/c1-7(14)10-8-6-13(12-11-8)5-3-2-4-9/h6H,2-3,5H2,1H3,(H,10,14). The Bertz CT molecular complexity index is 351. The molecular weight excluding hydrogens is 182 g/mol. The molecule has 0 unspecified atom stereocenters. The molecule has 0 spiro atoms. The zero-order valence-corrected chi connectivity index (χ0v) is 7.90. The van der Waals surface area contributed by atoms with Crippen LogP contribution in [0.4, 0.5) is 5.82 Å². The Labute approximate surface area is 81.5 Å². The van der Waals surface area contributed by atoms with Crippen LogP contribution in [0.1, 0.15) is 19.8 Å². The molecule has 1 aromatic heterocycles. The fourth-order valence-electron chi connectivity index (χ4n) is 0.965. The predicted octanol–water partition coefficient (Wildman–Crippen LogP) is 0.540. The first-order valence-electron chi connectivity index (χ1n) is 4.27. The molecule has 1 amide bonds. The molecule has 0 saturated carbocycles. The average molecular weight is 193 g/mol. The van der Waals surface area contributed by atoms with Gasteiger partial charge in [-0.2, -0.15) is 5.26 Å². The maximum absolute atomic E-state index is 10.7. The van der Waals surface area contributed by atoms with Crippen molar-refractivity contribution in [1.82, 2.24) is 15.0 Å². The van der Waals surface area contributed by atoms with Gasteiger partial charge in [0.2, 0.25) is 5.91 Å². The number of amides is 1. The summed E-state index contributed by atoms with van der Waals surface area (Å²) >= 11 is 0. The van der Waals surface area contributed by atoms with Crippen LogP contribution < -0.4 is 5.32 Å². The van der Waals surface area contributed by atoms with Gasteiger partial charge < -0.3 is 5.32 Å². The van der Waals surface area contributed by atoms with Crippen LogP contribution in [0.3, 0.4) is 0 Å². The summed E-state index contributed by atoms with van der Waals surface area (Å²) in [5, 5.41) is 18.4. The van der Waals surface area contributed by atoms with Gasteiger partial charge in [0, 0.05) is 19.9 Å². The molecule has 0 bridgehead atoms. The van der Waals surface area contributed by atoms with Gasteiger partial charge in [0.25, 0.3) is 0 Å². The second-order valence-corrected chi connectivity index (χ2v) is 2.81. The largest absolute Gasteiger partial charge is 0.308 e. The number of rotatable bonds is 4. The summed E-state index contributed by atoms with van der Waals surface area (Å²) in [5.74, 6) is 0.267. The Morgan fingerprint density at radius 1 is 1.79 bits per heavy atom. The highest BCUT2D eigenvalue weighted by Gasteiger charge is 2.00. The van der Waals surface area contributed by atoms with E-state index in [1.165, 1.54) is 6.92 Å². The Morgan fingerprint density at radius 3 is 3.21 bits per heavy atom. The highest BCUT2D eigenvalue weighted by atomic mass is 16.1. The van der Waals surface area contributed by atoms with Gasteiger partial charge in [-0.05, 0) is 6.42 Å². The van der Waals surface area contributed by atoms with Crippen LogP contribution in [0, 0.1) is 11.3 Å². The molecule has 0 atom stereocenters. The third-order valence-electron chi connectivity index (χ3n) is 1.52. The van der Waals surface area contributed by atoms with Gasteiger partial charge in [0.05, 0.1) is 12.3 Å². The normalized spacial score (nSPS) is 9.43. The van der Waals surface area contributed by atoms with E-state index in [9.17, 15) is 4.79 Å². The number of nitrogens with zero attached hydrogens (tertiary/aromatic N) is 4. The minimum absolute atomic E-state index is 0.172. The minimum atomic E-state index is -0.172. The molecule has 0 aliphatic rings. The van der Waals surface area contributed by atoms with Crippen molar-refractivity contribution in [1.29, 1.82) is 5.26 Å². The van der Waals surface area contributed by atoms with E-state index in [0.29, 0.717) is 18.8 Å². The summed E-state index contributed by atoms with van der Waals surface area (Å²) in [5.41, 5.74) is 0. The van der Waals surface area contributed by atoms with Gasteiger partial charge in [-0.3, -0.25) is 9.48 Å². The van der Waals surface area contributed by atoms with E-state index >= 15 is 0 Å². The molecule has 0 radical (unpaired) electrons. The molecule has 0 aliphatic heterocycles. The van der Waals surface area contributed by atoms with Crippen LogP contribution in [0.2, 0.25) is 0 Å². The summed E-state index contributed by atoms with van der Waals surface area (Å²) in [6.45, 7) is 2.05. The van der Waals surface area contributed by atoms with E-state index in [1.807, 2.05) is 6.07 Å². The number of nitrogens with one attached hydrogen (secondary N) is 1. The number of nitriles is 1. The molecule has 1 rings (SSSR count). The Hall–Kier alpha value is -1.90. The van der Waals surface area contributed by atoms with Crippen LogP contribution in [0.5, 0.6) is 0 Å². The van der Waals surface area contributed by atoms with Gasteiger partial charge >= 0.3 is 0 Å². The fraction of sp³-hybridized carbons (Fsp3) is 0.500. The van der Waals surface area contributed by atoms with Gasteiger partial charge in [-0.25, -0.2) is 0 Å². The van der Waals surface area contributed by atoms with Crippen LogP contribution >= 0.6 is 0 Å². The molecular formula is C8H11N5O. The van der Waals surface area contributed by atoms with Gasteiger partial charge in [0.1, 0.15) is 0 Å². The van der Waals surface area contributed by atoms with Crippen LogP contribution in [0.15, 0.2) is 6.20 Å². The van der Waals surface area contributed by atoms with Crippen molar-refractivity contribution in [3.8, 4) is 6.07 Å². The van der Waals surface area contributed by atoms with Gasteiger partial charge in [0.15, 0.2) is 5.82 Å². The van der Waals surface area contributed by atoms with Crippen molar-refractivity contribution in [2.24, 2.45) is 0 Å². The quantitative estimate of drug-likeness (QED) is 0.707. The predicted molar refractivity (Wildman–Crippen MR) is 49.2 cm³/mol. The Morgan fingerprint density at radius 2 is 2.57 bits per heavy atom. The molecule has 1 N–H and O–H groups in total. The zero-order valence-electron chi connectivity index (χ0n) is 7.90. The summed E-state index contributed by atoms with van der Waals surface area (Å²) in [6.07, 6.45) is 2.87. The topological polar surface area (TPSA) is 83.6 Å². The lowest BCUT2D eigenvalue weighted by Crippen LogP contribution is -2.05. The maximum Gasteiger partial charge on any atom is 0.222 e. The SMILES string of the molecule is CC(=O)Nc1cn(CCCC#N)nn1. The van der Waals surface area contributed by atoms with Gasteiger partial charge in [-0.1, -0.05) is 5.21 Å². The van der Waals surface area contributed by atoms with Crippen molar-refractivity contribution in [3.63, 3.8) is 0 Å². The van der Waals surface area contributed by atoms with E-state index in [0.717, 1.165) is 6.42 Å². The first-order chi connectivity index (χ1) is 6.72. The smallest absolute Gasteiger partial charge is 0.222 e. The molecule has 0 aliphatic carbocycles. The number of anilines is 1. The third-order valence-corrected chi connectivity index (χ3v) is 1.52. The van der Waals surface area contributed by atoms with Crippen molar-refractivity contribution >= 4 is 11.7 Å². The molecule has 0 fully saturated rings. The monoisotopic (exact) mass is 193 g/mol. The number of hydrogen-bond acceptors (Lipinski definition) is 4. The van der Waals surface area contributed by atoms with Crippen molar-refractivity contribution in [3.05, 3.63) is 6.20 Å². The maximum atomic E-state index is 10.7. The highest BCUT2D eigenvalue weighted by molar-refractivity contribution is 5.87. The second-order valence-electron chi connectivity index (χ2n) is 2.81. The summed E-state index contributed by atoms with van der Waals surface area (Å²) < 4.78 is 1.60. The number of hydrogen-bond donors (Lipinski definition) is 1. The lowest BCUT2D eigenvalue weighted by atomic mass is 10.3. The lowest BCUT2D eigenvalue weighted by Gasteiger charge is -1.95. The van der Waals surface area contributed by atoms with Gasteiger partial charge in [-0.15, -0.1) is 5.10 Å². The highest BCUT2D eigenvalue weighted by Crippen LogP contribution is 2.01. The van der Waals surface area contributed by atoms with E-state index in [4.69, 9.17) is 5.26 Å². The summed E-state index contributed by atoms with van der Waals surface area (Å²) in [7, 11) is 0.